The van der Waals surface area contributed by atoms with Crippen LogP contribution in [0.4, 0.5) is 4.79 Å². The number of hydrogen-bond donors (Lipinski definition) is 1. The summed E-state index contributed by atoms with van der Waals surface area (Å²) < 4.78 is 28.5. The van der Waals surface area contributed by atoms with Crippen LogP contribution in [0.2, 0.25) is 0 Å². The van der Waals surface area contributed by atoms with Crippen molar-refractivity contribution in [2.75, 3.05) is 19.6 Å². The summed E-state index contributed by atoms with van der Waals surface area (Å²) >= 11 is 0. The third kappa shape index (κ3) is 5.41. The Morgan fingerprint density at radius 1 is 1.50 bits per heavy atom. The van der Waals surface area contributed by atoms with E-state index in [-0.39, 0.29) is 5.92 Å². The quantitative estimate of drug-likeness (QED) is 0.797. The van der Waals surface area contributed by atoms with E-state index < -0.39 is 20.9 Å². The van der Waals surface area contributed by atoms with Crippen LogP contribution in [0.15, 0.2) is 0 Å². The van der Waals surface area contributed by atoms with Crippen LogP contribution < -0.4 is 5.32 Å². The van der Waals surface area contributed by atoms with E-state index in [4.69, 9.17) is 15.4 Å². The number of carbonyl (C=O) groups excluding carboxylic acids is 1. The van der Waals surface area contributed by atoms with Crippen LogP contribution in [0.5, 0.6) is 0 Å². The normalized spacial score (nSPS) is 21.9. The maximum Gasteiger partial charge on any atom is 0.407 e. The molecule has 18 heavy (non-hydrogen) atoms. The van der Waals surface area contributed by atoms with Crippen molar-refractivity contribution in [2.45, 2.75) is 32.8 Å². The SMILES string of the molecule is CC(C)(C)OC(=O)NCC1CCN(S(=O)(=O)Cl)C1. The molecule has 1 fully saturated rings. The molecule has 0 bridgehead atoms. The Kier molecular flexibility index (Phi) is 4.85. The van der Waals surface area contributed by atoms with Gasteiger partial charge < -0.3 is 10.1 Å². The summed E-state index contributed by atoms with van der Waals surface area (Å²) in [6.07, 6.45) is 0.191. The summed E-state index contributed by atoms with van der Waals surface area (Å²) in [7, 11) is 1.60. The van der Waals surface area contributed by atoms with Crippen molar-refractivity contribution in [3.05, 3.63) is 0 Å². The molecule has 1 rings (SSSR count). The average Bonchev–Trinajstić information content (AvgIpc) is 2.59. The van der Waals surface area contributed by atoms with Gasteiger partial charge in [0.2, 0.25) is 0 Å². The van der Waals surface area contributed by atoms with Crippen molar-refractivity contribution in [1.29, 1.82) is 0 Å². The second-order valence-corrected chi connectivity index (χ2v) is 7.85. The second-order valence-electron chi connectivity index (χ2n) is 5.34. The van der Waals surface area contributed by atoms with Gasteiger partial charge in [-0.2, -0.15) is 12.7 Å². The van der Waals surface area contributed by atoms with Gasteiger partial charge in [-0.25, -0.2) is 4.79 Å². The molecule has 1 heterocycles. The summed E-state index contributed by atoms with van der Waals surface area (Å²) in [5.41, 5.74) is -0.536. The van der Waals surface area contributed by atoms with Gasteiger partial charge in [0.1, 0.15) is 5.60 Å². The van der Waals surface area contributed by atoms with Gasteiger partial charge >= 0.3 is 6.09 Å². The number of hydrogen-bond acceptors (Lipinski definition) is 4. The van der Waals surface area contributed by atoms with Crippen LogP contribution >= 0.6 is 10.7 Å². The van der Waals surface area contributed by atoms with E-state index in [1.54, 1.807) is 20.8 Å². The van der Waals surface area contributed by atoms with E-state index in [1.807, 2.05) is 0 Å². The first-order chi connectivity index (χ1) is 8.08. The number of alkyl carbamates (subject to hydrolysis) is 1. The molecule has 0 aromatic carbocycles. The van der Waals surface area contributed by atoms with Gasteiger partial charge in [0.25, 0.3) is 9.24 Å². The number of amides is 1. The molecule has 1 saturated heterocycles. The molecule has 0 aromatic heterocycles. The monoisotopic (exact) mass is 298 g/mol. The largest absolute Gasteiger partial charge is 0.444 e. The number of rotatable bonds is 3. The first-order valence-electron chi connectivity index (χ1n) is 5.74. The van der Waals surface area contributed by atoms with Crippen molar-refractivity contribution in [3.63, 3.8) is 0 Å². The third-order valence-electron chi connectivity index (χ3n) is 2.49. The molecule has 106 valence electrons. The highest BCUT2D eigenvalue weighted by molar-refractivity contribution is 8.11. The van der Waals surface area contributed by atoms with Crippen molar-refractivity contribution >= 4 is 26.0 Å². The molecule has 1 amide bonds. The average molecular weight is 299 g/mol. The summed E-state index contributed by atoms with van der Waals surface area (Å²) in [6, 6.07) is 0. The van der Waals surface area contributed by atoms with E-state index in [0.717, 1.165) is 0 Å². The lowest BCUT2D eigenvalue weighted by Gasteiger charge is -2.20. The van der Waals surface area contributed by atoms with Crippen LogP contribution in [0.1, 0.15) is 27.2 Å². The Morgan fingerprint density at radius 3 is 2.56 bits per heavy atom. The summed E-state index contributed by atoms with van der Waals surface area (Å²) in [4.78, 5) is 11.4. The topological polar surface area (TPSA) is 75.7 Å². The number of nitrogens with one attached hydrogen (secondary N) is 1. The smallest absolute Gasteiger partial charge is 0.407 e. The van der Waals surface area contributed by atoms with Gasteiger partial charge in [0, 0.05) is 30.3 Å². The molecule has 0 saturated carbocycles. The minimum absolute atomic E-state index is 0.0750. The first kappa shape index (κ1) is 15.5. The molecular formula is C10H19ClN2O4S. The molecule has 0 aliphatic carbocycles. The standard InChI is InChI=1S/C10H19ClN2O4S/c1-10(2,3)17-9(14)12-6-8-4-5-13(7-8)18(11,15)16/h8H,4-7H2,1-3H3,(H,12,14). The maximum absolute atomic E-state index is 11.4. The fraction of sp³-hybridized carbons (Fsp3) is 0.900. The van der Waals surface area contributed by atoms with Gasteiger partial charge in [-0.3, -0.25) is 0 Å². The summed E-state index contributed by atoms with van der Waals surface area (Å²) in [5, 5.41) is 2.63. The van der Waals surface area contributed by atoms with Crippen LogP contribution in [0.25, 0.3) is 0 Å². The molecule has 1 aliphatic rings. The lowest BCUT2D eigenvalue weighted by Crippen LogP contribution is -2.36. The zero-order valence-corrected chi connectivity index (χ0v) is 12.3. The Labute approximate surface area is 112 Å². The van der Waals surface area contributed by atoms with Crippen molar-refractivity contribution < 1.29 is 17.9 Å². The highest BCUT2D eigenvalue weighted by atomic mass is 35.7. The van der Waals surface area contributed by atoms with E-state index in [0.29, 0.717) is 26.1 Å². The zero-order chi connectivity index (χ0) is 14.0. The van der Waals surface area contributed by atoms with Crippen LogP contribution in [0, 0.1) is 5.92 Å². The Hall–Kier alpha value is -0.530. The minimum Gasteiger partial charge on any atom is -0.444 e. The molecule has 1 atom stereocenters. The summed E-state index contributed by atoms with van der Waals surface area (Å²) in [5.74, 6) is 0.0750. The van der Waals surface area contributed by atoms with Crippen LogP contribution in [-0.4, -0.2) is 44.1 Å². The van der Waals surface area contributed by atoms with Crippen LogP contribution in [-0.2, 0) is 14.0 Å². The molecule has 0 spiro atoms. The number of ether oxygens (including phenoxy) is 1. The van der Waals surface area contributed by atoms with Crippen molar-refractivity contribution in [2.24, 2.45) is 5.92 Å². The van der Waals surface area contributed by atoms with Gasteiger partial charge in [0.05, 0.1) is 0 Å². The highest BCUT2D eigenvalue weighted by Gasteiger charge is 2.30. The molecule has 6 nitrogen and oxygen atoms in total. The highest BCUT2D eigenvalue weighted by Crippen LogP contribution is 2.20. The van der Waals surface area contributed by atoms with E-state index in [1.165, 1.54) is 4.31 Å². The molecule has 1 N–H and O–H groups in total. The second kappa shape index (κ2) is 5.63. The fourth-order valence-corrected chi connectivity index (χ4v) is 2.79. The van der Waals surface area contributed by atoms with Crippen LogP contribution in [0.3, 0.4) is 0 Å². The summed E-state index contributed by atoms with van der Waals surface area (Å²) in [6.45, 7) is 6.46. The minimum atomic E-state index is -3.64. The van der Waals surface area contributed by atoms with E-state index >= 15 is 0 Å². The fourth-order valence-electron chi connectivity index (χ4n) is 1.70. The van der Waals surface area contributed by atoms with Crippen molar-refractivity contribution in [3.8, 4) is 0 Å². The molecular weight excluding hydrogens is 280 g/mol. The predicted molar refractivity (Wildman–Crippen MR) is 68.7 cm³/mol. The molecule has 1 unspecified atom stereocenters. The molecule has 0 radical (unpaired) electrons. The molecule has 8 heteroatoms. The lowest BCUT2D eigenvalue weighted by molar-refractivity contribution is 0.0520. The number of nitrogens with zero attached hydrogens (tertiary/aromatic N) is 1. The first-order valence-corrected chi connectivity index (χ1v) is 8.01. The maximum atomic E-state index is 11.4. The Morgan fingerprint density at radius 2 is 2.11 bits per heavy atom. The number of carbonyl (C=O) groups is 1. The Bertz CT molecular complexity index is 405. The van der Waals surface area contributed by atoms with Gasteiger partial charge in [-0.15, -0.1) is 0 Å². The zero-order valence-electron chi connectivity index (χ0n) is 10.8. The lowest BCUT2D eigenvalue weighted by atomic mass is 10.1. The van der Waals surface area contributed by atoms with E-state index in [2.05, 4.69) is 5.32 Å². The number of halogens is 1. The van der Waals surface area contributed by atoms with E-state index in [9.17, 15) is 13.2 Å². The third-order valence-corrected chi connectivity index (χ3v) is 4.02. The molecule has 1 aliphatic heterocycles. The predicted octanol–water partition coefficient (Wildman–Crippen LogP) is 1.32. The van der Waals surface area contributed by atoms with Gasteiger partial charge in [-0.1, -0.05) is 0 Å². The Balaban J connectivity index is 2.32. The van der Waals surface area contributed by atoms with Gasteiger partial charge in [-0.05, 0) is 33.1 Å². The van der Waals surface area contributed by atoms with Gasteiger partial charge in [0.15, 0.2) is 0 Å². The molecule has 0 aromatic rings. The van der Waals surface area contributed by atoms with Crippen molar-refractivity contribution in [1.82, 2.24) is 9.62 Å².